The van der Waals surface area contributed by atoms with Gasteiger partial charge in [-0.3, -0.25) is 9.67 Å². The Hall–Kier alpha value is -1.89. The maximum atomic E-state index is 12.3. The van der Waals surface area contributed by atoms with Crippen LogP contribution in [0.15, 0.2) is 30.7 Å². The SMILES string of the molecule is CNCc1cnn(Cc2ccc(C(F)(F)F)nc2)c1. The van der Waals surface area contributed by atoms with Gasteiger partial charge in [0.05, 0.1) is 12.7 Å². The van der Waals surface area contributed by atoms with Crippen molar-refractivity contribution in [1.82, 2.24) is 20.1 Å². The van der Waals surface area contributed by atoms with E-state index in [1.54, 1.807) is 10.9 Å². The summed E-state index contributed by atoms with van der Waals surface area (Å²) in [7, 11) is 1.83. The molecule has 0 aromatic carbocycles. The van der Waals surface area contributed by atoms with E-state index in [1.165, 1.54) is 12.3 Å². The minimum atomic E-state index is -4.40. The zero-order chi connectivity index (χ0) is 13.9. The van der Waals surface area contributed by atoms with E-state index in [0.29, 0.717) is 18.7 Å². The molecule has 0 atom stereocenters. The second-order valence-electron chi connectivity index (χ2n) is 4.13. The van der Waals surface area contributed by atoms with Crippen molar-refractivity contribution in [2.75, 3.05) is 7.05 Å². The standard InChI is InChI=1S/C12H13F3N4/c1-16-4-10-6-18-19(8-10)7-9-2-3-11(17-5-9)12(13,14)15/h2-3,5-6,8,16H,4,7H2,1H3. The highest BCUT2D eigenvalue weighted by atomic mass is 19.4. The Kier molecular flexibility index (Phi) is 3.84. The van der Waals surface area contributed by atoms with Gasteiger partial charge in [-0.25, -0.2) is 0 Å². The van der Waals surface area contributed by atoms with Gasteiger partial charge in [0.1, 0.15) is 5.69 Å². The molecule has 2 rings (SSSR count). The van der Waals surface area contributed by atoms with Crippen LogP contribution in [0.5, 0.6) is 0 Å². The van der Waals surface area contributed by atoms with Crippen LogP contribution < -0.4 is 5.32 Å². The van der Waals surface area contributed by atoms with E-state index in [4.69, 9.17) is 0 Å². The number of aromatic nitrogens is 3. The molecule has 0 fully saturated rings. The highest BCUT2D eigenvalue weighted by Gasteiger charge is 2.31. The molecule has 1 N–H and O–H groups in total. The third-order valence-corrected chi connectivity index (χ3v) is 2.53. The largest absolute Gasteiger partial charge is 0.433 e. The lowest BCUT2D eigenvalue weighted by Gasteiger charge is -2.06. The van der Waals surface area contributed by atoms with Crippen LogP contribution in [0.2, 0.25) is 0 Å². The Balaban J connectivity index is 2.06. The molecule has 4 nitrogen and oxygen atoms in total. The molecule has 0 amide bonds. The molecular formula is C12H13F3N4. The highest BCUT2D eigenvalue weighted by Crippen LogP contribution is 2.27. The van der Waals surface area contributed by atoms with Gasteiger partial charge in [0.15, 0.2) is 0 Å². The number of alkyl halides is 3. The van der Waals surface area contributed by atoms with Crippen molar-refractivity contribution in [2.24, 2.45) is 0 Å². The molecule has 102 valence electrons. The van der Waals surface area contributed by atoms with Crippen molar-refractivity contribution < 1.29 is 13.2 Å². The fourth-order valence-corrected chi connectivity index (χ4v) is 1.66. The maximum Gasteiger partial charge on any atom is 0.433 e. The number of rotatable bonds is 4. The van der Waals surface area contributed by atoms with Gasteiger partial charge in [-0.05, 0) is 18.7 Å². The van der Waals surface area contributed by atoms with Crippen molar-refractivity contribution >= 4 is 0 Å². The van der Waals surface area contributed by atoms with Crippen LogP contribution in [0.4, 0.5) is 13.2 Å². The minimum absolute atomic E-state index is 0.398. The number of pyridine rings is 1. The molecule has 7 heteroatoms. The number of hydrogen-bond donors (Lipinski definition) is 1. The second-order valence-corrected chi connectivity index (χ2v) is 4.13. The molecule has 0 saturated heterocycles. The third-order valence-electron chi connectivity index (χ3n) is 2.53. The Morgan fingerprint density at radius 3 is 2.58 bits per heavy atom. The number of nitrogens with zero attached hydrogens (tertiary/aromatic N) is 3. The lowest BCUT2D eigenvalue weighted by molar-refractivity contribution is -0.141. The average molecular weight is 270 g/mol. The van der Waals surface area contributed by atoms with Gasteiger partial charge in [-0.2, -0.15) is 18.3 Å². The zero-order valence-electron chi connectivity index (χ0n) is 10.3. The topological polar surface area (TPSA) is 42.7 Å². The van der Waals surface area contributed by atoms with Crippen molar-refractivity contribution in [2.45, 2.75) is 19.3 Å². The number of halogens is 3. The van der Waals surface area contributed by atoms with Gasteiger partial charge in [0.25, 0.3) is 0 Å². The summed E-state index contributed by atoms with van der Waals surface area (Å²) in [4.78, 5) is 3.41. The van der Waals surface area contributed by atoms with E-state index < -0.39 is 11.9 Å². The predicted octanol–water partition coefficient (Wildman–Crippen LogP) is 2.06. The van der Waals surface area contributed by atoms with Crippen molar-refractivity contribution in [1.29, 1.82) is 0 Å². The molecule has 2 aromatic rings. The smallest absolute Gasteiger partial charge is 0.316 e. The molecule has 0 unspecified atom stereocenters. The molecular weight excluding hydrogens is 257 g/mol. The lowest BCUT2D eigenvalue weighted by atomic mass is 10.2. The predicted molar refractivity (Wildman–Crippen MR) is 63.3 cm³/mol. The Morgan fingerprint density at radius 1 is 1.21 bits per heavy atom. The minimum Gasteiger partial charge on any atom is -0.316 e. The summed E-state index contributed by atoms with van der Waals surface area (Å²) in [5.74, 6) is 0. The molecule has 0 bridgehead atoms. The fourth-order valence-electron chi connectivity index (χ4n) is 1.66. The van der Waals surface area contributed by atoms with Crippen LogP contribution in [0.1, 0.15) is 16.8 Å². The fraction of sp³-hybridized carbons (Fsp3) is 0.333. The van der Waals surface area contributed by atoms with Crippen molar-refractivity contribution in [3.63, 3.8) is 0 Å². The van der Waals surface area contributed by atoms with Crippen LogP contribution in [0, 0.1) is 0 Å². The summed E-state index contributed by atoms with van der Waals surface area (Å²) in [5.41, 5.74) is 0.807. The van der Waals surface area contributed by atoms with Crippen LogP contribution >= 0.6 is 0 Å². The van der Waals surface area contributed by atoms with Crippen LogP contribution in [-0.2, 0) is 19.3 Å². The molecule has 0 aliphatic heterocycles. The summed E-state index contributed by atoms with van der Waals surface area (Å²) in [6.45, 7) is 1.10. The van der Waals surface area contributed by atoms with Gasteiger partial charge < -0.3 is 5.32 Å². The molecule has 0 saturated carbocycles. The van der Waals surface area contributed by atoms with E-state index in [-0.39, 0.29) is 0 Å². The summed E-state index contributed by atoms with van der Waals surface area (Å²) >= 11 is 0. The van der Waals surface area contributed by atoms with Gasteiger partial charge in [-0.15, -0.1) is 0 Å². The first-order valence-corrected chi connectivity index (χ1v) is 5.67. The summed E-state index contributed by atoms with van der Waals surface area (Å²) in [6.07, 6.45) is 0.384. The quantitative estimate of drug-likeness (QED) is 0.924. The number of nitrogens with one attached hydrogen (secondary N) is 1. The third kappa shape index (κ3) is 3.54. The first kappa shape index (κ1) is 13.5. The van der Waals surface area contributed by atoms with E-state index in [0.717, 1.165) is 11.6 Å². The highest BCUT2D eigenvalue weighted by molar-refractivity contribution is 5.16. The second kappa shape index (κ2) is 5.40. The van der Waals surface area contributed by atoms with Crippen LogP contribution in [0.25, 0.3) is 0 Å². The van der Waals surface area contributed by atoms with E-state index in [2.05, 4.69) is 15.4 Å². The van der Waals surface area contributed by atoms with Crippen LogP contribution in [-0.4, -0.2) is 21.8 Å². The molecule has 19 heavy (non-hydrogen) atoms. The summed E-state index contributed by atoms with van der Waals surface area (Å²) in [6, 6.07) is 2.39. The Labute approximate surface area is 108 Å². The summed E-state index contributed by atoms with van der Waals surface area (Å²) < 4.78 is 38.7. The maximum absolute atomic E-state index is 12.3. The first-order chi connectivity index (χ1) is 8.99. The van der Waals surface area contributed by atoms with Gasteiger partial charge >= 0.3 is 6.18 Å². The lowest BCUT2D eigenvalue weighted by Crippen LogP contribution is -2.08. The molecule has 0 aliphatic rings. The molecule has 0 aliphatic carbocycles. The molecule has 2 heterocycles. The molecule has 0 spiro atoms. The average Bonchev–Trinajstić information content (AvgIpc) is 2.77. The monoisotopic (exact) mass is 270 g/mol. The van der Waals surface area contributed by atoms with Gasteiger partial charge in [0, 0.05) is 24.5 Å². The van der Waals surface area contributed by atoms with E-state index >= 15 is 0 Å². The van der Waals surface area contributed by atoms with Crippen molar-refractivity contribution in [3.05, 3.63) is 47.5 Å². The van der Waals surface area contributed by atoms with E-state index in [9.17, 15) is 13.2 Å². The van der Waals surface area contributed by atoms with Gasteiger partial charge in [0.2, 0.25) is 0 Å². The zero-order valence-corrected chi connectivity index (χ0v) is 10.3. The number of hydrogen-bond acceptors (Lipinski definition) is 3. The van der Waals surface area contributed by atoms with Crippen molar-refractivity contribution in [3.8, 4) is 0 Å². The Bertz CT molecular complexity index is 531. The Morgan fingerprint density at radius 2 is 2.00 bits per heavy atom. The normalized spacial score (nSPS) is 11.8. The first-order valence-electron chi connectivity index (χ1n) is 5.67. The van der Waals surface area contributed by atoms with E-state index in [1.807, 2.05) is 13.2 Å². The van der Waals surface area contributed by atoms with Gasteiger partial charge in [-0.1, -0.05) is 6.07 Å². The molecule has 2 aromatic heterocycles. The molecule has 0 radical (unpaired) electrons. The van der Waals surface area contributed by atoms with Crippen LogP contribution in [0.3, 0.4) is 0 Å². The summed E-state index contributed by atoms with van der Waals surface area (Å²) in [5, 5.41) is 7.12.